The number of nitrogens with one attached hydrogen (secondary N) is 1. The van der Waals surface area contributed by atoms with Crippen LogP contribution >= 0.6 is 0 Å². The van der Waals surface area contributed by atoms with E-state index in [1.807, 2.05) is 12.1 Å². The van der Waals surface area contributed by atoms with E-state index in [9.17, 15) is 0 Å². The predicted molar refractivity (Wildman–Crippen MR) is 49.5 cm³/mol. The topological polar surface area (TPSA) is 34.4 Å². The summed E-state index contributed by atoms with van der Waals surface area (Å²) in [5, 5.41) is 3.41. The van der Waals surface area contributed by atoms with Gasteiger partial charge in [0.2, 0.25) is 0 Å². The maximum atomic E-state index is 5.68. The molecule has 1 aromatic heterocycles. The number of furan rings is 1. The highest BCUT2D eigenvalue weighted by Crippen LogP contribution is 2.23. The molecular formula is C10H15NO2. The third kappa shape index (κ3) is 1.92. The molecule has 0 amide bonds. The highest BCUT2D eigenvalue weighted by atomic mass is 16.5. The van der Waals surface area contributed by atoms with Gasteiger partial charge in [0.1, 0.15) is 11.9 Å². The van der Waals surface area contributed by atoms with Crippen molar-refractivity contribution in [2.75, 3.05) is 13.2 Å². The fourth-order valence-electron chi connectivity index (χ4n) is 1.45. The van der Waals surface area contributed by atoms with Crippen molar-refractivity contribution in [2.45, 2.75) is 25.5 Å². The molecule has 0 aromatic carbocycles. The van der Waals surface area contributed by atoms with E-state index in [-0.39, 0.29) is 11.6 Å². The van der Waals surface area contributed by atoms with Crippen LogP contribution in [0.1, 0.15) is 25.7 Å². The average Bonchev–Trinajstić information content (AvgIpc) is 2.56. The smallest absolute Gasteiger partial charge is 0.133 e. The van der Waals surface area contributed by atoms with Crippen LogP contribution in [0.2, 0.25) is 0 Å². The van der Waals surface area contributed by atoms with Gasteiger partial charge in [0.25, 0.3) is 0 Å². The van der Waals surface area contributed by atoms with Crippen LogP contribution in [0.25, 0.3) is 0 Å². The zero-order valence-corrected chi connectivity index (χ0v) is 8.04. The number of hydrogen-bond acceptors (Lipinski definition) is 3. The summed E-state index contributed by atoms with van der Waals surface area (Å²) >= 11 is 0. The Labute approximate surface area is 78.1 Å². The van der Waals surface area contributed by atoms with E-state index < -0.39 is 0 Å². The SMILES string of the molecule is CC1(C)COC(c2ccco2)CN1. The second-order valence-electron chi connectivity index (χ2n) is 4.08. The van der Waals surface area contributed by atoms with Crippen molar-refractivity contribution in [2.24, 2.45) is 0 Å². The maximum absolute atomic E-state index is 5.68. The maximum Gasteiger partial charge on any atom is 0.133 e. The molecule has 2 rings (SSSR count). The van der Waals surface area contributed by atoms with Gasteiger partial charge in [-0.15, -0.1) is 0 Å². The molecule has 1 aromatic rings. The van der Waals surface area contributed by atoms with Gasteiger partial charge in [-0.05, 0) is 26.0 Å². The first-order valence-corrected chi connectivity index (χ1v) is 4.57. The number of morpholine rings is 1. The minimum Gasteiger partial charge on any atom is -0.467 e. The van der Waals surface area contributed by atoms with Crippen LogP contribution in [0.5, 0.6) is 0 Å². The van der Waals surface area contributed by atoms with Crippen molar-refractivity contribution in [3.63, 3.8) is 0 Å². The molecule has 1 aliphatic rings. The van der Waals surface area contributed by atoms with Gasteiger partial charge in [0.15, 0.2) is 0 Å². The summed E-state index contributed by atoms with van der Waals surface area (Å²) in [5.41, 5.74) is 0.0864. The molecule has 1 aliphatic heterocycles. The third-order valence-electron chi connectivity index (χ3n) is 2.27. The molecule has 72 valence electrons. The van der Waals surface area contributed by atoms with Gasteiger partial charge in [0, 0.05) is 12.1 Å². The third-order valence-corrected chi connectivity index (χ3v) is 2.27. The summed E-state index contributed by atoms with van der Waals surface area (Å²) < 4.78 is 11.0. The van der Waals surface area contributed by atoms with Crippen LogP contribution in [-0.4, -0.2) is 18.7 Å². The molecule has 1 atom stereocenters. The summed E-state index contributed by atoms with van der Waals surface area (Å²) in [7, 11) is 0. The Bertz CT molecular complexity index is 256. The first-order valence-electron chi connectivity index (χ1n) is 4.57. The lowest BCUT2D eigenvalue weighted by Crippen LogP contribution is -2.50. The largest absolute Gasteiger partial charge is 0.467 e. The Morgan fingerprint density at radius 2 is 2.38 bits per heavy atom. The zero-order chi connectivity index (χ0) is 9.31. The standard InChI is InChI=1S/C10H15NO2/c1-10(2)7-13-9(6-11-10)8-4-3-5-12-8/h3-5,9,11H,6-7H2,1-2H3. The van der Waals surface area contributed by atoms with E-state index in [0.29, 0.717) is 0 Å². The minimum atomic E-state index is 0.0722. The lowest BCUT2D eigenvalue weighted by atomic mass is 10.0. The van der Waals surface area contributed by atoms with E-state index in [2.05, 4.69) is 19.2 Å². The lowest BCUT2D eigenvalue weighted by molar-refractivity contribution is -0.0328. The second kappa shape index (κ2) is 3.16. The summed E-state index contributed by atoms with van der Waals surface area (Å²) in [6.45, 7) is 5.80. The number of hydrogen-bond donors (Lipinski definition) is 1. The van der Waals surface area contributed by atoms with Crippen molar-refractivity contribution in [1.82, 2.24) is 5.32 Å². The first kappa shape index (κ1) is 8.78. The quantitative estimate of drug-likeness (QED) is 0.716. The van der Waals surface area contributed by atoms with E-state index in [1.165, 1.54) is 0 Å². The van der Waals surface area contributed by atoms with E-state index in [1.54, 1.807) is 6.26 Å². The molecular weight excluding hydrogens is 166 g/mol. The van der Waals surface area contributed by atoms with Crippen LogP contribution in [0.3, 0.4) is 0 Å². The molecule has 1 N–H and O–H groups in total. The van der Waals surface area contributed by atoms with Crippen molar-refractivity contribution < 1.29 is 9.15 Å². The Kier molecular flexibility index (Phi) is 2.14. The molecule has 13 heavy (non-hydrogen) atoms. The van der Waals surface area contributed by atoms with Crippen molar-refractivity contribution >= 4 is 0 Å². The van der Waals surface area contributed by atoms with Gasteiger partial charge in [-0.25, -0.2) is 0 Å². The molecule has 0 spiro atoms. The molecule has 1 fully saturated rings. The van der Waals surface area contributed by atoms with Crippen LogP contribution in [0.15, 0.2) is 22.8 Å². The van der Waals surface area contributed by atoms with Gasteiger partial charge in [-0.2, -0.15) is 0 Å². The lowest BCUT2D eigenvalue weighted by Gasteiger charge is -2.35. The molecule has 0 aliphatic carbocycles. The normalized spacial score (nSPS) is 27.4. The van der Waals surface area contributed by atoms with E-state index >= 15 is 0 Å². The van der Waals surface area contributed by atoms with Gasteiger partial charge in [0.05, 0.1) is 12.9 Å². The number of ether oxygens (including phenoxy) is 1. The van der Waals surface area contributed by atoms with Gasteiger partial charge >= 0.3 is 0 Å². The molecule has 1 saturated heterocycles. The Balaban J connectivity index is 1.99. The van der Waals surface area contributed by atoms with Gasteiger partial charge in [-0.1, -0.05) is 0 Å². The van der Waals surface area contributed by atoms with Crippen molar-refractivity contribution in [1.29, 1.82) is 0 Å². The molecule has 1 unspecified atom stereocenters. The van der Waals surface area contributed by atoms with Crippen LogP contribution < -0.4 is 5.32 Å². The van der Waals surface area contributed by atoms with E-state index in [0.717, 1.165) is 18.9 Å². The van der Waals surface area contributed by atoms with Gasteiger partial charge < -0.3 is 14.5 Å². The first-order chi connectivity index (χ1) is 6.17. The predicted octanol–water partition coefficient (Wildman–Crippen LogP) is 1.72. The summed E-state index contributed by atoms with van der Waals surface area (Å²) in [4.78, 5) is 0. The Morgan fingerprint density at radius 3 is 2.92 bits per heavy atom. The van der Waals surface area contributed by atoms with Gasteiger partial charge in [-0.3, -0.25) is 0 Å². The Morgan fingerprint density at radius 1 is 1.54 bits per heavy atom. The molecule has 0 saturated carbocycles. The summed E-state index contributed by atoms with van der Waals surface area (Å²) in [6.07, 6.45) is 1.75. The van der Waals surface area contributed by atoms with E-state index in [4.69, 9.17) is 9.15 Å². The fourth-order valence-corrected chi connectivity index (χ4v) is 1.45. The average molecular weight is 181 g/mol. The number of rotatable bonds is 1. The highest BCUT2D eigenvalue weighted by molar-refractivity contribution is 5.04. The molecule has 3 heteroatoms. The highest BCUT2D eigenvalue weighted by Gasteiger charge is 2.28. The Hall–Kier alpha value is -0.800. The van der Waals surface area contributed by atoms with Crippen LogP contribution in [-0.2, 0) is 4.74 Å². The molecule has 2 heterocycles. The van der Waals surface area contributed by atoms with Crippen LogP contribution in [0.4, 0.5) is 0 Å². The summed E-state index contributed by atoms with van der Waals surface area (Å²) in [6, 6.07) is 3.84. The monoisotopic (exact) mass is 181 g/mol. The van der Waals surface area contributed by atoms with Crippen LogP contribution in [0, 0.1) is 0 Å². The molecule has 0 radical (unpaired) electrons. The second-order valence-corrected chi connectivity index (χ2v) is 4.08. The summed E-state index contributed by atoms with van der Waals surface area (Å²) in [5.74, 6) is 0.906. The van der Waals surface area contributed by atoms with Crippen molar-refractivity contribution in [3.8, 4) is 0 Å². The molecule has 0 bridgehead atoms. The molecule has 3 nitrogen and oxygen atoms in total. The van der Waals surface area contributed by atoms with Crippen molar-refractivity contribution in [3.05, 3.63) is 24.2 Å². The zero-order valence-electron chi connectivity index (χ0n) is 8.04. The fraction of sp³-hybridized carbons (Fsp3) is 0.600. The minimum absolute atomic E-state index is 0.0722.